The van der Waals surface area contributed by atoms with Crippen LogP contribution in [-0.2, 0) is 42.9 Å². The molecule has 0 aromatic heterocycles. The number of likely N-dealkylation sites (tertiary alicyclic amines) is 3. The van der Waals surface area contributed by atoms with Crippen molar-refractivity contribution in [1.82, 2.24) is 24.5 Å². The Morgan fingerprint density at radius 3 is 2.31 bits per heavy atom. The standard InChI is InChI=1S/C40H51ClF3N7O7/c1-47(2)34(52)24-57-37(54)27-7-5-14-50(23-27)28-10-15-48(16-11-28)36(53)33(22-25-20-30(40(42,43)44)35(45)31(41)21-25)58-39(56)49-17-12-29(13-18-49)51-19-9-26-6-3-4-8-32(26)46-38(51)55/h3-4,6,8,20-21,27-29,33H,5,7,9-19,22-24,45H2,1-2H3,(H,46,55)/t27-,33-/m1/s1. The number of hydrogen-bond donors (Lipinski definition) is 2. The number of carbonyl (C=O) groups is 5. The molecule has 0 unspecified atom stereocenters. The minimum atomic E-state index is -4.81. The molecule has 2 atom stereocenters. The van der Waals surface area contributed by atoms with Crippen LogP contribution >= 0.6 is 11.6 Å². The lowest BCUT2D eigenvalue weighted by molar-refractivity contribution is -0.156. The van der Waals surface area contributed by atoms with Gasteiger partial charge in [0.05, 0.1) is 22.2 Å². The van der Waals surface area contributed by atoms with Crippen molar-refractivity contribution in [2.24, 2.45) is 5.92 Å². The number of esters is 1. The number of urea groups is 1. The Hall–Kier alpha value is -4.77. The number of nitrogens with one attached hydrogen (secondary N) is 1. The highest BCUT2D eigenvalue weighted by atomic mass is 35.5. The number of carbonyl (C=O) groups excluding carboxylic acids is 5. The molecule has 14 nitrogen and oxygen atoms in total. The lowest BCUT2D eigenvalue weighted by atomic mass is 9.93. The number of nitrogens with two attached hydrogens (primary N) is 1. The number of fused-ring (bicyclic) bond motifs is 1. The summed E-state index contributed by atoms with van der Waals surface area (Å²) in [6.45, 7) is 2.49. The van der Waals surface area contributed by atoms with Gasteiger partial charge in [0.2, 0.25) is 0 Å². The molecule has 0 saturated carbocycles. The molecule has 2 aromatic carbocycles. The molecule has 18 heteroatoms. The molecular weight excluding hydrogens is 783 g/mol. The van der Waals surface area contributed by atoms with E-state index in [-0.39, 0.29) is 66.6 Å². The zero-order chi connectivity index (χ0) is 41.7. The first-order chi connectivity index (χ1) is 27.6. The molecule has 5 amide bonds. The fourth-order valence-corrected chi connectivity index (χ4v) is 8.52. The van der Waals surface area contributed by atoms with Crippen LogP contribution < -0.4 is 11.1 Å². The van der Waals surface area contributed by atoms with E-state index in [1.807, 2.05) is 24.3 Å². The summed E-state index contributed by atoms with van der Waals surface area (Å²) in [6, 6.07) is 9.40. The lowest BCUT2D eigenvalue weighted by Gasteiger charge is -2.42. The number of anilines is 2. The SMILES string of the molecule is CN(C)C(=O)COC(=O)[C@@H]1CCCN(C2CCN(C(=O)[C@@H](Cc3cc(Cl)c(N)c(C(F)(F)F)c3)OC(=O)N3CCC(N4CCc5ccccc5NC4=O)CC3)CC2)C1. The molecule has 0 bridgehead atoms. The molecule has 3 saturated heterocycles. The first-order valence-corrected chi connectivity index (χ1v) is 20.1. The molecule has 0 spiro atoms. The summed E-state index contributed by atoms with van der Waals surface area (Å²) in [7, 11) is 3.17. The average molecular weight is 834 g/mol. The second kappa shape index (κ2) is 18.4. The van der Waals surface area contributed by atoms with E-state index in [2.05, 4.69) is 10.2 Å². The van der Waals surface area contributed by atoms with Crippen LogP contribution in [-0.4, -0.2) is 139 Å². The largest absolute Gasteiger partial charge is 0.455 e. The number of likely N-dealkylation sites (N-methyl/N-ethyl adjacent to an activating group) is 1. The molecule has 4 heterocycles. The molecule has 0 aliphatic carbocycles. The van der Waals surface area contributed by atoms with E-state index in [0.717, 1.165) is 30.3 Å². The number of hydrogen-bond acceptors (Lipinski definition) is 9. The molecule has 4 aliphatic rings. The van der Waals surface area contributed by atoms with Crippen LogP contribution in [0.5, 0.6) is 0 Å². The van der Waals surface area contributed by atoms with Gasteiger partial charge in [-0.25, -0.2) is 9.59 Å². The third kappa shape index (κ3) is 10.3. The van der Waals surface area contributed by atoms with Gasteiger partial charge in [0, 0.05) is 77.6 Å². The van der Waals surface area contributed by atoms with Gasteiger partial charge >= 0.3 is 24.3 Å². The van der Waals surface area contributed by atoms with Crippen molar-refractivity contribution in [3.63, 3.8) is 0 Å². The first-order valence-electron chi connectivity index (χ1n) is 19.7. The zero-order valence-electron chi connectivity index (χ0n) is 32.8. The Morgan fingerprint density at radius 2 is 1.62 bits per heavy atom. The smallest absolute Gasteiger partial charge is 0.418 e. The molecule has 3 N–H and O–H groups in total. The third-order valence-electron chi connectivity index (χ3n) is 11.7. The Kier molecular flexibility index (Phi) is 13.6. The van der Waals surface area contributed by atoms with Gasteiger partial charge in [-0.2, -0.15) is 13.2 Å². The van der Waals surface area contributed by atoms with Gasteiger partial charge in [0.15, 0.2) is 12.7 Å². The van der Waals surface area contributed by atoms with Crippen LogP contribution in [0.25, 0.3) is 0 Å². The summed E-state index contributed by atoms with van der Waals surface area (Å²) < 4.78 is 52.9. The van der Waals surface area contributed by atoms with Crippen molar-refractivity contribution in [1.29, 1.82) is 0 Å². The second-order valence-corrected chi connectivity index (χ2v) is 16.1. The molecule has 6 rings (SSSR count). The van der Waals surface area contributed by atoms with Gasteiger partial charge in [-0.3, -0.25) is 19.3 Å². The summed E-state index contributed by atoms with van der Waals surface area (Å²) in [5.74, 6) is -1.66. The van der Waals surface area contributed by atoms with Crippen molar-refractivity contribution in [3.8, 4) is 0 Å². The van der Waals surface area contributed by atoms with Gasteiger partial charge in [-0.1, -0.05) is 29.8 Å². The van der Waals surface area contributed by atoms with Crippen LogP contribution in [0.4, 0.5) is 34.1 Å². The number of piperidine rings is 3. The van der Waals surface area contributed by atoms with Crippen LogP contribution in [0.2, 0.25) is 5.02 Å². The molecule has 2 aromatic rings. The predicted molar refractivity (Wildman–Crippen MR) is 209 cm³/mol. The van der Waals surface area contributed by atoms with Gasteiger partial charge < -0.3 is 40.1 Å². The van der Waals surface area contributed by atoms with Crippen LogP contribution in [0, 0.1) is 5.92 Å². The number of ether oxygens (including phenoxy) is 2. The van der Waals surface area contributed by atoms with Crippen molar-refractivity contribution < 1.29 is 46.6 Å². The highest BCUT2D eigenvalue weighted by Gasteiger charge is 2.39. The number of nitrogen functional groups attached to an aromatic ring is 1. The maximum atomic E-state index is 14.2. The quantitative estimate of drug-likeness (QED) is 0.266. The fourth-order valence-electron chi connectivity index (χ4n) is 8.28. The molecule has 0 radical (unpaired) electrons. The van der Waals surface area contributed by atoms with E-state index < -0.39 is 41.5 Å². The Labute approximate surface area is 340 Å². The van der Waals surface area contributed by atoms with Gasteiger partial charge in [-0.05, 0) is 80.8 Å². The number of rotatable bonds is 9. The topological polar surface area (TPSA) is 158 Å². The van der Waals surface area contributed by atoms with E-state index >= 15 is 0 Å². The number of alkyl halides is 3. The van der Waals surface area contributed by atoms with Crippen molar-refractivity contribution >= 4 is 52.9 Å². The number of benzene rings is 2. The van der Waals surface area contributed by atoms with Crippen molar-refractivity contribution in [2.75, 3.05) is 77.6 Å². The highest BCUT2D eigenvalue weighted by Crippen LogP contribution is 2.38. The van der Waals surface area contributed by atoms with Crippen molar-refractivity contribution in [2.45, 2.75) is 75.7 Å². The predicted octanol–water partition coefficient (Wildman–Crippen LogP) is 4.88. The minimum Gasteiger partial charge on any atom is -0.455 e. The molecule has 58 heavy (non-hydrogen) atoms. The van der Waals surface area contributed by atoms with Crippen LogP contribution in [0.3, 0.4) is 0 Å². The van der Waals surface area contributed by atoms with E-state index in [9.17, 15) is 37.1 Å². The molecule has 316 valence electrons. The van der Waals surface area contributed by atoms with Gasteiger partial charge in [0.25, 0.3) is 11.8 Å². The summed E-state index contributed by atoms with van der Waals surface area (Å²) in [5.41, 5.74) is 5.72. The summed E-state index contributed by atoms with van der Waals surface area (Å²) in [4.78, 5) is 74.0. The average Bonchev–Trinajstić information content (AvgIpc) is 3.38. The van der Waals surface area contributed by atoms with Crippen LogP contribution in [0.1, 0.15) is 55.2 Å². The van der Waals surface area contributed by atoms with E-state index in [1.165, 1.54) is 15.9 Å². The molecule has 3 fully saturated rings. The first kappa shape index (κ1) is 42.8. The Bertz CT molecular complexity index is 1850. The summed E-state index contributed by atoms with van der Waals surface area (Å²) in [6.07, 6.45) is -3.29. The number of halogens is 4. The monoisotopic (exact) mass is 833 g/mol. The van der Waals surface area contributed by atoms with E-state index in [1.54, 1.807) is 23.9 Å². The Morgan fingerprint density at radius 1 is 0.948 bits per heavy atom. The molecule has 4 aliphatic heterocycles. The third-order valence-corrected chi connectivity index (χ3v) is 12.0. The summed E-state index contributed by atoms with van der Waals surface area (Å²) >= 11 is 6.13. The maximum absolute atomic E-state index is 14.2. The maximum Gasteiger partial charge on any atom is 0.418 e. The zero-order valence-corrected chi connectivity index (χ0v) is 33.5. The number of para-hydroxylation sites is 1. The second-order valence-electron chi connectivity index (χ2n) is 15.6. The molecular formula is C40H51ClF3N7O7. The van der Waals surface area contributed by atoms with E-state index in [4.69, 9.17) is 26.8 Å². The fraction of sp³-hybridized carbons (Fsp3) is 0.575. The summed E-state index contributed by atoms with van der Waals surface area (Å²) in [5, 5.41) is 2.64. The Balaban J connectivity index is 1.09. The number of amides is 5. The lowest BCUT2D eigenvalue weighted by Crippen LogP contribution is -2.53. The normalized spacial score (nSPS) is 20.4. The highest BCUT2D eigenvalue weighted by molar-refractivity contribution is 6.33. The van der Waals surface area contributed by atoms with Crippen LogP contribution in [0.15, 0.2) is 36.4 Å². The van der Waals surface area contributed by atoms with E-state index in [0.29, 0.717) is 64.7 Å². The minimum absolute atomic E-state index is 0.0259. The number of nitrogens with zero attached hydrogens (tertiary/aromatic N) is 5. The van der Waals surface area contributed by atoms with Gasteiger partial charge in [0.1, 0.15) is 0 Å². The van der Waals surface area contributed by atoms with Crippen molar-refractivity contribution in [3.05, 3.63) is 58.1 Å². The van der Waals surface area contributed by atoms with Gasteiger partial charge in [-0.15, -0.1) is 0 Å².